The van der Waals surface area contributed by atoms with Crippen LogP contribution in [0.2, 0.25) is 0 Å². The van der Waals surface area contributed by atoms with E-state index in [0.717, 1.165) is 12.8 Å². The molecule has 0 radical (unpaired) electrons. The van der Waals surface area contributed by atoms with E-state index in [4.69, 9.17) is 10.2 Å². The summed E-state index contributed by atoms with van der Waals surface area (Å²) in [6, 6.07) is 0. The van der Waals surface area contributed by atoms with Gasteiger partial charge in [0, 0.05) is 13.2 Å². The van der Waals surface area contributed by atoms with Crippen LogP contribution in [-0.4, -0.2) is 48.0 Å². The third kappa shape index (κ3) is 26.1. The smallest absolute Gasteiger partial charge is 0.0431 e. The van der Waals surface area contributed by atoms with Crippen LogP contribution in [0.1, 0.15) is 155 Å². The Morgan fingerprint density at radius 3 is 0.875 bits per heavy atom. The molecular weight excluding hydrogens is 394 g/mol. The van der Waals surface area contributed by atoms with Crippen molar-refractivity contribution < 1.29 is 10.2 Å². The lowest BCUT2D eigenvalue weighted by atomic mass is 10.1. The average Bonchev–Trinajstić information content (AvgIpc) is 2.80. The van der Waals surface area contributed by atoms with E-state index in [0.29, 0.717) is 13.2 Å². The second-order valence-electron chi connectivity index (χ2n) is 10.1. The first kappa shape index (κ1) is 31.9. The molecule has 0 atom stereocenters. The van der Waals surface area contributed by atoms with Gasteiger partial charge in [-0.15, -0.1) is 0 Å². The van der Waals surface area contributed by atoms with E-state index < -0.39 is 0 Å². The maximum Gasteiger partial charge on any atom is 0.0431 e. The fourth-order valence-electron chi connectivity index (χ4n) is 4.64. The van der Waals surface area contributed by atoms with E-state index in [1.807, 2.05) is 0 Å². The first-order chi connectivity index (χ1) is 15.8. The molecule has 0 aromatic rings. The van der Waals surface area contributed by atoms with Crippen LogP contribution in [0.3, 0.4) is 0 Å². The van der Waals surface area contributed by atoms with Crippen molar-refractivity contribution in [3.05, 3.63) is 0 Å². The van der Waals surface area contributed by atoms with Crippen LogP contribution in [-0.2, 0) is 0 Å². The van der Waals surface area contributed by atoms with Crippen molar-refractivity contribution in [3.8, 4) is 0 Å². The maximum atomic E-state index is 8.85. The molecule has 0 saturated carbocycles. The summed E-state index contributed by atoms with van der Waals surface area (Å²) < 4.78 is 0. The second-order valence-corrected chi connectivity index (χ2v) is 10.1. The summed E-state index contributed by atoms with van der Waals surface area (Å²) in [4.78, 5) is 2.77. The Kier molecular flexibility index (Phi) is 28.8. The van der Waals surface area contributed by atoms with Crippen LogP contribution < -0.4 is 0 Å². The summed E-state index contributed by atoms with van der Waals surface area (Å²) in [5.41, 5.74) is 0. The van der Waals surface area contributed by atoms with Gasteiger partial charge in [0.15, 0.2) is 0 Å². The molecule has 0 bridgehead atoms. The molecule has 0 saturated heterocycles. The van der Waals surface area contributed by atoms with Crippen LogP contribution in [0.4, 0.5) is 0 Å². The Morgan fingerprint density at radius 2 is 0.594 bits per heavy atom. The van der Waals surface area contributed by atoms with Crippen molar-refractivity contribution in [2.75, 3.05) is 32.8 Å². The summed E-state index contributed by atoms with van der Waals surface area (Å²) in [5.74, 6) is 0. The molecule has 0 unspecified atom stereocenters. The summed E-state index contributed by atoms with van der Waals surface area (Å²) in [7, 11) is 0. The molecule has 0 aliphatic heterocycles. The van der Waals surface area contributed by atoms with Crippen LogP contribution in [0, 0.1) is 0 Å². The van der Waals surface area contributed by atoms with E-state index in [1.165, 1.54) is 154 Å². The van der Waals surface area contributed by atoms with Crippen LogP contribution in [0.15, 0.2) is 0 Å². The number of unbranched alkanes of at least 4 members (excludes halogenated alkanes) is 20. The Hall–Kier alpha value is -0.120. The first-order valence-corrected chi connectivity index (χ1v) is 14.8. The second kappa shape index (κ2) is 28.9. The molecule has 0 aromatic carbocycles. The van der Waals surface area contributed by atoms with E-state index in [9.17, 15) is 0 Å². The SMILES string of the molecule is CCCCCCCCCN(CCCCCCCCCCO)CCCCCCCCCCO. The van der Waals surface area contributed by atoms with Crippen molar-refractivity contribution in [2.24, 2.45) is 0 Å². The van der Waals surface area contributed by atoms with Gasteiger partial charge in [-0.25, -0.2) is 0 Å². The van der Waals surface area contributed by atoms with E-state index in [-0.39, 0.29) is 0 Å². The lowest BCUT2D eigenvalue weighted by molar-refractivity contribution is 0.253. The standard InChI is InChI=1S/C29H61NO2/c1-2-3-4-5-10-15-20-25-30(26-21-16-11-6-8-13-18-23-28-31)27-22-17-12-7-9-14-19-24-29-32/h31-32H,2-29H2,1H3. The summed E-state index contributed by atoms with van der Waals surface area (Å²) in [6.45, 7) is 6.95. The molecule has 0 fully saturated rings. The molecule has 32 heavy (non-hydrogen) atoms. The topological polar surface area (TPSA) is 43.7 Å². The van der Waals surface area contributed by atoms with Crippen molar-refractivity contribution in [1.82, 2.24) is 4.90 Å². The minimum Gasteiger partial charge on any atom is -0.396 e. The van der Waals surface area contributed by atoms with Crippen molar-refractivity contribution >= 4 is 0 Å². The number of aliphatic hydroxyl groups excluding tert-OH is 2. The average molecular weight is 456 g/mol. The van der Waals surface area contributed by atoms with Gasteiger partial charge in [-0.3, -0.25) is 0 Å². The summed E-state index contributed by atoms with van der Waals surface area (Å²) in [6.07, 6.45) is 30.6. The van der Waals surface area contributed by atoms with Gasteiger partial charge < -0.3 is 15.1 Å². The van der Waals surface area contributed by atoms with E-state index in [1.54, 1.807) is 0 Å². The van der Waals surface area contributed by atoms with Crippen molar-refractivity contribution in [2.45, 2.75) is 155 Å². The number of aliphatic hydroxyl groups is 2. The fraction of sp³-hybridized carbons (Fsp3) is 1.00. The summed E-state index contributed by atoms with van der Waals surface area (Å²) >= 11 is 0. The molecule has 0 spiro atoms. The molecule has 2 N–H and O–H groups in total. The zero-order valence-corrected chi connectivity index (χ0v) is 22.1. The number of hydrogen-bond donors (Lipinski definition) is 2. The Morgan fingerprint density at radius 1 is 0.344 bits per heavy atom. The normalized spacial score (nSPS) is 11.6. The highest BCUT2D eigenvalue weighted by Gasteiger charge is 2.05. The van der Waals surface area contributed by atoms with Crippen LogP contribution in [0.25, 0.3) is 0 Å². The molecule has 0 rings (SSSR count). The van der Waals surface area contributed by atoms with Gasteiger partial charge in [0.1, 0.15) is 0 Å². The molecule has 194 valence electrons. The van der Waals surface area contributed by atoms with Gasteiger partial charge in [-0.1, -0.05) is 122 Å². The molecular formula is C29H61NO2. The minimum atomic E-state index is 0.360. The summed E-state index contributed by atoms with van der Waals surface area (Å²) in [5, 5.41) is 17.7. The monoisotopic (exact) mass is 455 g/mol. The Bertz CT molecular complexity index is 302. The highest BCUT2D eigenvalue weighted by molar-refractivity contribution is 4.61. The van der Waals surface area contributed by atoms with Gasteiger partial charge >= 0.3 is 0 Å². The number of nitrogens with zero attached hydrogens (tertiary/aromatic N) is 1. The zero-order chi connectivity index (χ0) is 23.4. The molecule has 3 nitrogen and oxygen atoms in total. The quantitative estimate of drug-likeness (QED) is 0.117. The molecule has 0 amide bonds. The largest absolute Gasteiger partial charge is 0.396 e. The van der Waals surface area contributed by atoms with E-state index in [2.05, 4.69) is 11.8 Å². The van der Waals surface area contributed by atoms with Gasteiger partial charge in [-0.05, 0) is 51.7 Å². The molecule has 0 aliphatic carbocycles. The van der Waals surface area contributed by atoms with Crippen LogP contribution in [0.5, 0.6) is 0 Å². The predicted molar refractivity (Wildman–Crippen MR) is 142 cm³/mol. The van der Waals surface area contributed by atoms with Gasteiger partial charge in [0.25, 0.3) is 0 Å². The van der Waals surface area contributed by atoms with Crippen molar-refractivity contribution in [3.63, 3.8) is 0 Å². The Balaban J connectivity index is 3.82. The van der Waals surface area contributed by atoms with Gasteiger partial charge in [0.05, 0.1) is 0 Å². The van der Waals surface area contributed by atoms with Gasteiger partial charge in [-0.2, -0.15) is 0 Å². The predicted octanol–water partition coefficient (Wildman–Crippen LogP) is 8.27. The number of hydrogen-bond acceptors (Lipinski definition) is 3. The molecule has 0 heterocycles. The first-order valence-electron chi connectivity index (χ1n) is 14.8. The zero-order valence-electron chi connectivity index (χ0n) is 22.1. The number of rotatable bonds is 28. The molecule has 0 aromatic heterocycles. The van der Waals surface area contributed by atoms with Gasteiger partial charge in [0.2, 0.25) is 0 Å². The lowest BCUT2D eigenvalue weighted by Crippen LogP contribution is -2.27. The lowest BCUT2D eigenvalue weighted by Gasteiger charge is -2.22. The maximum absolute atomic E-state index is 8.85. The third-order valence-electron chi connectivity index (χ3n) is 6.84. The minimum absolute atomic E-state index is 0.360. The molecule has 0 aliphatic rings. The highest BCUT2D eigenvalue weighted by atomic mass is 16.3. The highest BCUT2D eigenvalue weighted by Crippen LogP contribution is 2.13. The Labute approximate surface area is 202 Å². The molecule has 3 heteroatoms. The fourth-order valence-corrected chi connectivity index (χ4v) is 4.64. The third-order valence-corrected chi connectivity index (χ3v) is 6.84. The van der Waals surface area contributed by atoms with Crippen molar-refractivity contribution in [1.29, 1.82) is 0 Å². The van der Waals surface area contributed by atoms with E-state index >= 15 is 0 Å². The van der Waals surface area contributed by atoms with Crippen LogP contribution >= 0.6 is 0 Å².